The molecule has 8 heteroatoms. The Balaban J connectivity index is 2.35. The summed E-state index contributed by atoms with van der Waals surface area (Å²) in [6.45, 7) is 1.20. The summed E-state index contributed by atoms with van der Waals surface area (Å²) in [5.41, 5.74) is 1.37. The Kier molecular flexibility index (Phi) is 5.03. The van der Waals surface area contributed by atoms with Crippen molar-refractivity contribution in [1.29, 1.82) is 0 Å². The van der Waals surface area contributed by atoms with Crippen molar-refractivity contribution in [1.82, 2.24) is 4.90 Å². The first kappa shape index (κ1) is 17.8. The summed E-state index contributed by atoms with van der Waals surface area (Å²) < 4.78 is 38.3. The predicted molar refractivity (Wildman–Crippen MR) is 80.5 cm³/mol. The number of hydrogen-bond acceptors (Lipinski definition) is 3. The Bertz CT molecular complexity index is 658. The van der Waals surface area contributed by atoms with E-state index < -0.39 is 12.1 Å². The van der Waals surface area contributed by atoms with E-state index in [2.05, 4.69) is 15.9 Å². The third-order valence-electron chi connectivity index (χ3n) is 3.86. The number of carbonyl (C=O) groups excluding carboxylic acids is 2. The topological polar surface area (TPSA) is 57.6 Å². The van der Waals surface area contributed by atoms with Crippen molar-refractivity contribution in [2.24, 2.45) is 0 Å². The highest BCUT2D eigenvalue weighted by Crippen LogP contribution is 2.35. The van der Waals surface area contributed by atoms with Gasteiger partial charge in [0.2, 0.25) is 0 Å². The Morgan fingerprint density at radius 3 is 2.43 bits per heavy atom. The molecule has 1 aromatic rings. The SMILES string of the molecule is CC(=O)c1cc(Br)c2c(c1O)CCCN(C(=O)C(F)(F)F)CC2. The molecule has 0 aliphatic carbocycles. The van der Waals surface area contributed by atoms with E-state index in [1.54, 1.807) is 0 Å². The lowest BCUT2D eigenvalue weighted by atomic mass is 9.93. The summed E-state index contributed by atoms with van der Waals surface area (Å²) in [6, 6.07) is 1.47. The molecular weight excluding hydrogens is 379 g/mol. The molecule has 23 heavy (non-hydrogen) atoms. The first-order valence-electron chi connectivity index (χ1n) is 7.03. The van der Waals surface area contributed by atoms with E-state index in [0.717, 1.165) is 4.90 Å². The second kappa shape index (κ2) is 6.51. The molecule has 0 aromatic heterocycles. The maximum Gasteiger partial charge on any atom is 0.471 e. The molecule has 0 unspecified atom stereocenters. The number of Topliss-reactive ketones (excluding diaryl/α,β-unsaturated/α-hetero) is 1. The monoisotopic (exact) mass is 393 g/mol. The van der Waals surface area contributed by atoms with Crippen LogP contribution in [-0.2, 0) is 17.6 Å². The summed E-state index contributed by atoms with van der Waals surface area (Å²) in [6.07, 6.45) is -4.15. The molecule has 1 aliphatic rings. The van der Waals surface area contributed by atoms with Crippen molar-refractivity contribution < 1.29 is 27.9 Å². The largest absolute Gasteiger partial charge is 0.507 e. The molecule has 1 heterocycles. The zero-order valence-corrected chi connectivity index (χ0v) is 13.9. The van der Waals surface area contributed by atoms with Crippen molar-refractivity contribution in [2.45, 2.75) is 32.4 Å². The first-order valence-corrected chi connectivity index (χ1v) is 7.82. The number of benzene rings is 1. The van der Waals surface area contributed by atoms with Gasteiger partial charge in [-0.2, -0.15) is 13.2 Å². The normalized spacial score (nSPS) is 15.6. The fraction of sp³-hybridized carbons (Fsp3) is 0.467. The number of fused-ring (bicyclic) bond motifs is 1. The summed E-state index contributed by atoms with van der Waals surface area (Å²) in [4.78, 5) is 23.7. The van der Waals surface area contributed by atoms with Gasteiger partial charge < -0.3 is 10.0 Å². The minimum atomic E-state index is -4.89. The number of carbonyl (C=O) groups is 2. The molecule has 0 saturated carbocycles. The maximum atomic E-state index is 12.6. The Morgan fingerprint density at radius 1 is 1.22 bits per heavy atom. The van der Waals surface area contributed by atoms with Crippen LogP contribution in [0, 0.1) is 0 Å². The van der Waals surface area contributed by atoms with Crippen LogP contribution in [0.25, 0.3) is 0 Å². The summed E-state index contributed by atoms with van der Waals surface area (Å²) in [7, 11) is 0. The number of nitrogens with zero attached hydrogens (tertiary/aromatic N) is 1. The first-order chi connectivity index (χ1) is 10.6. The van der Waals surface area contributed by atoms with Gasteiger partial charge in [-0.05, 0) is 43.4 Å². The lowest BCUT2D eigenvalue weighted by Gasteiger charge is -2.27. The second-order valence-corrected chi connectivity index (χ2v) is 6.27. The zero-order chi connectivity index (χ0) is 17.4. The molecule has 0 radical (unpaired) electrons. The second-order valence-electron chi connectivity index (χ2n) is 5.41. The number of aromatic hydroxyl groups is 1. The van der Waals surface area contributed by atoms with Crippen LogP contribution in [-0.4, -0.2) is 41.0 Å². The van der Waals surface area contributed by atoms with Crippen LogP contribution in [0.4, 0.5) is 13.2 Å². The lowest BCUT2D eigenvalue weighted by Crippen LogP contribution is -2.43. The van der Waals surface area contributed by atoms with E-state index in [4.69, 9.17) is 0 Å². The fourth-order valence-corrected chi connectivity index (χ4v) is 3.39. The van der Waals surface area contributed by atoms with Crippen molar-refractivity contribution >= 4 is 27.6 Å². The van der Waals surface area contributed by atoms with Gasteiger partial charge >= 0.3 is 12.1 Å². The molecule has 1 amide bonds. The van der Waals surface area contributed by atoms with Gasteiger partial charge in [-0.15, -0.1) is 0 Å². The van der Waals surface area contributed by atoms with Crippen molar-refractivity contribution in [2.75, 3.05) is 13.1 Å². The van der Waals surface area contributed by atoms with E-state index in [1.807, 2.05) is 0 Å². The van der Waals surface area contributed by atoms with E-state index in [9.17, 15) is 27.9 Å². The molecule has 1 aromatic carbocycles. The number of halogens is 4. The zero-order valence-electron chi connectivity index (χ0n) is 12.3. The summed E-state index contributed by atoms with van der Waals surface area (Å²) in [5, 5.41) is 10.2. The molecular formula is C15H15BrF3NO3. The number of hydrogen-bond donors (Lipinski definition) is 1. The van der Waals surface area contributed by atoms with E-state index in [0.29, 0.717) is 22.0 Å². The number of ketones is 1. The number of rotatable bonds is 1. The highest BCUT2D eigenvalue weighted by atomic mass is 79.9. The lowest BCUT2D eigenvalue weighted by molar-refractivity contribution is -0.185. The minimum Gasteiger partial charge on any atom is -0.507 e. The maximum absolute atomic E-state index is 12.6. The van der Waals surface area contributed by atoms with Crippen LogP contribution in [0.1, 0.15) is 34.8 Å². The molecule has 0 saturated heterocycles. The van der Waals surface area contributed by atoms with E-state index >= 15 is 0 Å². The van der Waals surface area contributed by atoms with Crippen LogP contribution in [0.15, 0.2) is 10.5 Å². The third-order valence-corrected chi connectivity index (χ3v) is 4.57. The standard InChI is InChI=1S/C15H15BrF3NO3/c1-8(21)11-7-12(16)9-4-6-20(14(23)15(17,18)19)5-2-3-10(9)13(11)22/h7,22H,2-6H2,1H3. The van der Waals surface area contributed by atoms with Gasteiger partial charge in [-0.25, -0.2) is 0 Å². The molecule has 0 fully saturated rings. The van der Waals surface area contributed by atoms with Gasteiger partial charge in [0.05, 0.1) is 5.56 Å². The van der Waals surface area contributed by atoms with Gasteiger partial charge in [0.1, 0.15) is 5.75 Å². The molecule has 0 bridgehead atoms. The van der Waals surface area contributed by atoms with Gasteiger partial charge in [-0.3, -0.25) is 9.59 Å². The predicted octanol–water partition coefficient (Wildman–Crippen LogP) is 3.24. The Hall–Kier alpha value is -1.57. The van der Waals surface area contributed by atoms with Crippen LogP contribution in [0.5, 0.6) is 5.75 Å². The molecule has 126 valence electrons. The minimum absolute atomic E-state index is 0.0425. The van der Waals surface area contributed by atoms with Crippen molar-refractivity contribution in [3.8, 4) is 5.75 Å². The average molecular weight is 394 g/mol. The molecule has 0 atom stereocenters. The van der Waals surface area contributed by atoms with Gasteiger partial charge in [-0.1, -0.05) is 15.9 Å². The van der Waals surface area contributed by atoms with Gasteiger partial charge in [0, 0.05) is 17.6 Å². The number of phenols is 1. The van der Waals surface area contributed by atoms with Crippen LogP contribution in [0.3, 0.4) is 0 Å². The Morgan fingerprint density at radius 2 is 1.87 bits per heavy atom. The number of phenolic OH excluding ortho intramolecular Hbond substituents is 1. The molecule has 0 spiro atoms. The van der Waals surface area contributed by atoms with Crippen LogP contribution >= 0.6 is 15.9 Å². The number of alkyl halides is 3. The van der Waals surface area contributed by atoms with Crippen molar-refractivity contribution in [3.05, 3.63) is 27.2 Å². The fourth-order valence-electron chi connectivity index (χ4n) is 2.73. The van der Waals surface area contributed by atoms with Gasteiger partial charge in [0.15, 0.2) is 5.78 Å². The molecule has 1 N–H and O–H groups in total. The van der Waals surface area contributed by atoms with Crippen LogP contribution < -0.4 is 0 Å². The molecule has 2 rings (SSSR count). The van der Waals surface area contributed by atoms with E-state index in [1.165, 1.54) is 13.0 Å². The van der Waals surface area contributed by atoms with Crippen molar-refractivity contribution in [3.63, 3.8) is 0 Å². The average Bonchev–Trinajstić information content (AvgIpc) is 2.41. The van der Waals surface area contributed by atoms with E-state index in [-0.39, 0.29) is 43.0 Å². The summed E-state index contributed by atoms with van der Waals surface area (Å²) in [5.74, 6) is -2.25. The highest BCUT2D eigenvalue weighted by molar-refractivity contribution is 9.10. The highest BCUT2D eigenvalue weighted by Gasteiger charge is 2.42. The Labute approximate surface area is 139 Å². The molecule has 1 aliphatic heterocycles. The summed E-state index contributed by atoms with van der Waals surface area (Å²) >= 11 is 3.30. The third kappa shape index (κ3) is 3.68. The smallest absolute Gasteiger partial charge is 0.471 e. The van der Waals surface area contributed by atoms with Gasteiger partial charge in [0.25, 0.3) is 0 Å². The quantitative estimate of drug-likeness (QED) is 0.745. The van der Waals surface area contributed by atoms with Crippen LogP contribution in [0.2, 0.25) is 0 Å². The molecule has 4 nitrogen and oxygen atoms in total. The number of amides is 1.